The van der Waals surface area contributed by atoms with Gasteiger partial charge in [-0.25, -0.2) is 4.98 Å². The van der Waals surface area contributed by atoms with E-state index in [1.54, 1.807) is 12.1 Å². The Morgan fingerprint density at radius 3 is 2.78 bits per heavy atom. The zero-order valence-corrected chi connectivity index (χ0v) is 10.4. The average molecular weight is 249 g/mol. The summed E-state index contributed by atoms with van der Waals surface area (Å²) in [7, 11) is 0. The minimum absolute atomic E-state index is 0.0362. The molecule has 1 aromatic heterocycles. The number of amides is 1. The van der Waals surface area contributed by atoms with Crippen molar-refractivity contribution in [1.29, 1.82) is 0 Å². The van der Waals surface area contributed by atoms with Gasteiger partial charge >= 0.3 is 0 Å². The maximum Gasteiger partial charge on any atom is 0.272 e. The molecule has 0 unspecified atom stereocenters. The molecule has 0 aromatic carbocycles. The third-order valence-electron chi connectivity index (χ3n) is 3.55. The van der Waals surface area contributed by atoms with Crippen LogP contribution in [0.2, 0.25) is 0 Å². The summed E-state index contributed by atoms with van der Waals surface area (Å²) in [5.74, 6) is -0.302. The van der Waals surface area contributed by atoms with E-state index in [-0.39, 0.29) is 18.2 Å². The van der Waals surface area contributed by atoms with E-state index in [0.29, 0.717) is 5.69 Å². The van der Waals surface area contributed by atoms with E-state index in [9.17, 15) is 9.90 Å². The summed E-state index contributed by atoms with van der Waals surface area (Å²) < 4.78 is 0. The molecule has 18 heavy (non-hydrogen) atoms. The molecule has 0 atom stereocenters. The highest BCUT2D eigenvalue weighted by molar-refractivity contribution is 5.97. The highest BCUT2D eigenvalue weighted by Crippen LogP contribution is 2.28. The fraction of sp³-hybridized carbons (Fsp3) is 0.538. The topological polar surface area (TPSA) is 88.2 Å². The van der Waals surface area contributed by atoms with E-state index in [0.717, 1.165) is 32.1 Å². The lowest BCUT2D eigenvalue weighted by Gasteiger charge is -2.36. The van der Waals surface area contributed by atoms with Crippen LogP contribution in [0.4, 0.5) is 5.69 Å². The number of nitrogens with two attached hydrogens (primary N) is 1. The largest absolute Gasteiger partial charge is 0.397 e. The number of pyridine rings is 1. The zero-order chi connectivity index (χ0) is 13.0. The number of rotatable bonds is 3. The third-order valence-corrected chi connectivity index (χ3v) is 3.55. The van der Waals surface area contributed by atoms with Gasteiger partial charge in [0.2, 0.25) is 0 Å². The zero-order valence-electron chi connectivity index (χ0n) is 10.4. The molecule has 5 nitrogen and oxygen atoms in total. The van der Waals surface area contributed by atoms with Gasteiger partial charge in [-0.2, -0.15) is 0 Å². The van der Waals surface area contributed by atoms with Crippen molar-refractivity contribution in [3.8, 4) is 0 Å². The van der Waals surface area contributed by atoms with Crippen LogP contribution in [-0.4, -0.2) is 28.1 Å². The Morgan fingerprint density at radius 2 is 2.17 bits per heavy atom. The number of aliphatic hydroxyl groups is 1. The summed E-state index contributed by atoms with van der Waals surface area (Å²) in [5, 5.41) is 12.4. The van der Waals surface area contributed by atoms with Crippen molar-refractivity contribution in [2.24, 2.45) is 0 Å². The lowest BCUT2D eigenvalue weighted by molar-refractivity contribution is 0.0755. The van der Waals surface area contributed by atoms with Gasteiger partial charge in [-0.05, 0) is 25.0 Å². The van der Waals surface area contributed by atoms with E-state index in [4.69, 9.17) is 5.73 Å². The predicted molar refractivity (Wildman–Crippen MR) is 69.0 cm³/mol. The smallest absolute Gasteiger partial charge is 0.272 e. The van der Waals surface area contributed by atoms with E-state index in [1.165, 1.54) is 6.20 Å². The fourth-order valence-electron chi connectivity index (χ4n) is 2.46. The van der Waals surface area contributed by atoms with Crippen LogP contribution in [-0.2, 0) is 0 Å². The van der Waals surface area contributed by atoms with E-state index < -0.39 is 5.54 Å². The minimum Gasteiger partial charge on any atom is -0.397 e. The van der Waals surface area contributed by atoms with Crippen LogP contribution in [0, 0.1) is 0 Å². The number of hydrogen-bond donors (Lipinski definition) is 3. The molecule has 0 spiro atoms. The summed E-state index contributed by atoms with van der Waals surface area (Å²) in [5.41, 5.74) is 5.82. The third kappa shape index (κ3) is 2.61. The molecule has 1 aliphatic carbocycles. The number of nitrogens with zero attached hydrogens (tertiary/aromatic N) is 1. The van der Waals surface area contributed by atoms with Crippen molar-refractivity contribution in [2.75, 3.05) is 12.3 Å². The predicted octanol–water partition coefficient (Wildman–Crippen LogP) is 1.09. The molecular weight excluding hydrogens is 230 g/mol. The summed E-state index contributed by atoms with van der Waals surface area (Å²) in [6.07, 6.45) is 6.36. The Balaban J connectivity index is 2.13. The lowest BCUT2D eigenvalue weighted by atomic mass is 9.82. The number of aromatic nitrogens is 1. The summed E-state index contributed by atoms with van der Waals surface area (Å²) >= 11 is 0. The summed E-state index contributed by atoms with van der Waals surface area (Å²) in [6, 6.07) is 3.34. The Bertz CT molecular complexity index is 428. The number of carbonyl (C=O) groups excluding carboxylic acids is 1. The molecule has 0 aliphatic heterocycles. The van der Waals surface area contributed by atoms with Crippen LogP contribution >= 0.6 is 0 Å². The second kappa shape index (κ2) is 5.35. The molecule has 1 fully saturated rings. The molecule has 1 heterocycles. The molecule has 5 heteroatoms. The second-order valence-electron chi connectivity index (χ2n) is 4.89. The van der Waals surface area contributed by atoms with Gasteiger partial charge in [0.15, 0.2) is 5.69 Å². The first-order valence-corrected chi connectivity index (χ1v) is 6.31. The molecule has 1 aromatic rings. The van der Waals surface area contributed by atoms with Gasteiger partial charge < -0.3 is 16.2 Å². The quantitative estimate of drug-likeness (QED) is 0.748. The molecule has 0 bridgehead atoms. The van der Waals surface area contributed by atoms with Crippen molar-refractivity contribution in [1.82, 2.24) is 10.3 Å². The Kier molecular flexibility index (Phi) is 3.81. The van der Waals surface area contributed by atoms with Crippen LogP contribution in [0.25, 0.3) is 0 Å². The molecule has 98 valence electrons. The molecule has 2 rings (SSSR count). The Hall–Kier alpha value is -1.62. The van der Waals surface area contributed by atoms with Gasteiger partial charge in [-0.3, -0.25) is 4.79 Å². The van der Waals surface area contributed by atoms with Crippen molar-refractivity contribution in [3.63, 3.8) is 0 Å². The first kappa shape index (κ1) is 12.8. The number of hydrogen-bond acceptors (Lipinski definition) is 4. The number of aliphatic hydroxyl groups excluding tert-OH is 1. The van der Waals surface area contributed by atoms with Gasteiger partial charge in [-0.1, -0.05) is 19.3 Å². The van der Waals surface area contributed by atoms with Crippen LogP contribution < -0.4 is 11.1 Å². The fourth-order valence-corrected chi connectivity index (χ4v) is 2.46. The standard InChI is InChI=1S/C13H19N3O2/c14-10-5-4-8-15-11(10)12(18)16-13(9-17)6-2-1-3-7-13/h4-5,8,17H,1-3,6-7,9,14H2,(H,16,18). The van der Waals surface area contributed by atoms with Gasteiger partial charge in [0.05, 0.1) is 17.8 Å². The van der Waals surface area contributed by atoms with E-state index >= 15 is 0 Å². The highest BCUT2D eigenvalue weighted by Gasteiger charge is 2.33. The van der Waals surface area contributed by atoms with Gasteiger partial charge in [0.1, 0.15) is 0 Å². The van der Waals surface area contributed by atoms with Crippen LogP contribution in [0.15, 0.2) is 18.3 Å². The number of nitrogens with one attached hydrogen (secondary N) is 1. The van der Waals surface area contributed by atoms with Crippen molar-refractivity contribution in [3.05, 3.63) is 24.0 Å². The molecule has 0 saturated heterocycles. The highest BCUT2D eigenvalue weighted by atomic mass is 16.3. The monoisotopic (exact) mass is 249 g/mol. The maximum atomic E-state index is 12.1. The molecule has 1 amide bonds. The SMILES string of the molecule is Nc1cccnc1C(=O)NC1(CO)CCCCC1. The van der Waals surface area contributed by atoms with E-state index in [2.05, 4.69) is 10.3 Å². The van der Waals surface area contributed by atoms with Gasteiger partial charge in [-0.15, -0.1) is 0 Å². The molecule has 0 radical (unpaired) electrons. The first-order chi connectivity index (χ1) is 8.67. The van der Waals surface area contributed by atoms with Crippen molar-refractivity contribution < 1.29 is 9.90 Å². The molecule has 1 saturated carbocycles. The number of nitrogen functional groups attached to an aromatic ring is 1. The van der Waals surface area contributed by atoms with Crippen LogP contribution in [0.5, 0.6) is 0 Å². The lowest BCUT2D eigenvalue weighted by Crippen LogP contribution is -2.52. The molecule has 4 N–H and O–H groups in total. The number of anilines is 1. The average Bonchev–Trinajstić information content (AvgIpc) is 2.40. The van der Waals surface area contributed by atoms with Crippen molar-refractivity contribution in [2.45, 2.75) is 37.6 Å². The normalized spacial score (nSPS) is 18.3. The van der Waals surface area contributed by atoms with Crippen LogP contribution in [0.1, 0.15) is 42.6 Å². The van der Waals surface area contributed by atoms with E-state index in [1.807, 2.05) is 0 Å². The Morgan fingerprint density at radius 1 is 1.44 bits per heavy atom. The van der Waals surface area contributed by atoms with Crippen LogP contribution in [0.3, 0.4) is 0 Å². The van der Waals surface area contributed by atoms with Crippen molar-refractivity contribution >= 4 is 11.6 Å². The van der Waals surface area contributed by atoms with Gasteiger partial charge in [0.25, 0.3) is 5.91 Å². The second-order valence-corrected chi connectivity index (χ2v) is 4.89. The first-order valence-electron chi connectivity index (χ1n) is 6.31. The molecule has 1 aliphatic rings. The van der Waals surface area contributed by atoms with Gasteiger partial charge in [0, 0.05) is 6.20 Å². The Labute approximate surface area is 106 Å². The molecular formula is C13H19N3O2. The number of carbonyl (C=O) groups is 1. The summed E-state index contributed by atoms with van der Waals surface area (Å²) in [4.78, 5) is 16.1. The minimum atomic E-state index is -0.501. The maximum absolute atomic E-state index is 12.1. The summed E-state index contributed by atoms with van der Waals surface area (Å²) in [6.45, 7) is -0.0362.